The second-order valence-electron chi connectivity index (χ2n) is 4.34. The lowest BCUT2D eigenvalue weighted by Gasteiger charge is -2.11. The van der Waals surface area contributed by atoms with Gasteiger partial charge < -0.3 is 5.32 Å². The van der Waals surface area contributed by atoms with Crippen molar-refractivity contribution in [1.29, 1.82) is 0 Å². The van der Waals surface area contributed by atoms with Gasteiger partial charge in [0.05, 0.1) is 11.7 Å². The number of nitrogens with one attached hydrogen (secondary N) is 2. The van der Waals surface area contributed by atoms with E-state index >= 15 is 0 Å². The molecule has 0 aliphatic carbocycles. The molecular formula is C12H18N4S. The van der Waals surface area contributed by atoms with Crippen molar-refractivity contribution in [1.82, 2.24) is 20.5 Å². The van der Waals surface area contributed by atoms with E-state index in [2.05, 4.69) is 39.7 Å². The molecule has 0 aliphatic rings. The van der Waals surface area contributed by atoms with Crippen LogP contribution in [0.25, 0.3) is 0 Å². The maximum Gasteiger partial charge on any atom is 0.110 e. The Bertz CT molecular complexity index is 481. The van der Waals surface area contributed by atoms with E-state index < -0.39 is 0 Å². The average molecular weight is 250 g/mol. The van der Waals surface area contributed by atoms with Crippen molar-refractivity contribution in [3.05, 3.63) is 33.0 Å². The Morgan fingerprint density at radius 3 is 2.71 bits per heavy atom. The molecule has 0 radical (unpaired) electrons. The number of aromatic amines is 1. The van der Waals surface area contributed by atoms with Gasteiger partial charge in [-0.3, -0.25) is 5.10 Å². The van der Waals surface area contributed by atoms with Crippen molar-refractivity contribution in [3.8, 4) is 0 Å². The second kappa shape index (κ2) is 4.98. The van der Waals surface area contributed by atoms with Crippen LogP contribution >= 0.6 is 11.3 Å². The summed E-state index contributed by atoms with van der Waals surface area (Å²) in [5, 5.41) is 13.9. The number of aryl methyl sites for hydroxylation is 3. The Hall–Kier alpha value is -1.20. The van der Waals surface area contributed by atoms with Crippen LogP contribution in [0.2, 0.25) is 0 Å². The first-order valence-electron chi connectivity index (χ1n) is 5.73. The molecule has 0 spiro atoms. The molecule has 2 N–H and O–H groups in total. The standard InChI is InChI=1S/C12H18N4S/c1-7-6-17-12(14-7)10(4)13-5-11-8(2)15-16-9(11)3/h6,10,13H,5H2,1-4H3,(H,15,16). The van der Waals surface area contributed by atoms with Crippen molar-refractivity contribution < 1.29 is 0 Å². The molecule has 1 atom stereocenters. The van der Waals surface area contributed by atoms with Crippen LogP contribution in [-0.4, -0.2) is 15.2 Å². The first-order chi connectivity index (χ1) is 8.08. The predicted molar refractivity (Wildman–Crippen MR) is 70.2 cm³/mol. The van der Waals surface area contributed by atoms with Gasteiger partial charge in [-0.05, 0) is 27.7 Å². The van der Waals surface area contributed by atoms with Gasteiger partial charge in [0.2, 0.25) is 0 Å². The summed E-state index contributed by atoms with van der Waals surface area (Å²) in [6.07, 6.45) is 0. The van der Waals surface area contributed by atoms with Crippen LogP contribution in [0.3, 0.4) is 0 Å². The largest absolute Gasteiger partial charge is 0.304 e. The fraction of sp³-hybridized carbons (Fsp3) is 0.500. The van der Waals surface area contributed by atoms with Gasteiger partial charge in [-0.25, -0.2) is 4.98 Å². The van der Waals surface area contributed by atoms with Crippen LogP contribution in [-0.2, 0) is 6.54 Å². The van der Waals surface area contributed by atoms with Crippen LogP contribution in [0.15, 0.2) is 5.38 Å². The number of hydrogen-bond acceptors (Lipinski definition) is 4. The number of H-pyrrole nitrogens is 1. The van der Waals surface area contributed by atoms with Crippen molar-refractivity contribution in [2.45, 2.75) is 40.3 Å². The molecule has 0 saturated heterocycles. The zero-order valence-corrected chi connectivity index (χ0v) is 11.5. The SMILES string of the molecule is Cc1csc(C(C)NCc2c(C)n[nH]c2C)n1. The first kappa shape index (κ1) is 12.3. The van der Waals surface area contributed by atoms with Crippen LogP contribution < -0.4 is 5.32 Å². The van der Waals surface area contributed by atoms with Gasteiger partial charge in [-0.1, -0.05) is 0 Å². The molecule has 0 amide bonds. The van der Waals surface area contributed by atoms with Crippen LogP contribution in [0.4, 0.5) is 0 Å². The van der Waals surface area contributed by atoms with E-state index in [1.54, 1.807) is 11.3 Å². The minimum atomic E-state index is 0.280. The number of rotatable bonds is 4. The van der Waals surface area contributed by atoms with Gasteiger partial charge in [-0.15, -0.1) is 11.3 Å². The molecule has 2 aromatic rings. The van der Waals surface area contributed by atoms with Crippen molar-refractivity contribution >= 4 is 11.3 Å². The fourth-order valence-corrected chi connectivity index (χ4v) is 2.58. The summed E-state index contributed by atoms with van der Waals surface area (Å²) >= 11 is 1.71. The third-order valence-electron chi connectivity index (χ3n) is 2.87. The first-order valence-corrected chi connectivity index (χ1v) is 6.61. The Morgan fingerprint density at radius 1 is 1.41 bits per heavy atom. The topological polar surface area (TPSA) is 53.6 Å². The van der Waals surface area contributed by atoms with E-state index in [9.17, 15) is 0 Å². The monoisotopic (exact) mass is 250 g/mol. The normalized spacial score (nSPS) is 12.9. The fourth-order valence-electron chi connectivity index (χ4n) is 1.75. The Balaban J connectivity index is 1.99. The smallest absolute Gasteiger partial charge is 0.110 e. The second-order valence-corrected chi connectivity index (χ2v) is 5.23. The van der Waals surface area contributed by atoms with Gasteiger partial charge in [0.25, 0.3) is 0 Å². The van der Waals surface area contributed by atoms with Gasteiger partial charge >= 0.3 is 0 Å². The predicted octanol–water partition coefficient (Wildman–Crippen LogP) is 2.64. The van der Waals surface area contributed by atoms with Crippen molar-refractivity contribution in [2.24, 2.45) is 0 Å². The Labute approximate surface area is 105 Å². The summed E-state index contributed by atoms with van der Waals surface area (Å²) in [4.78, 5) is 4.49. The Kier molecular flexibility index (Phi) is 3.59. The van der Waals surface area contributed by atoms with Crippen LogP contribution in [0.1, 0.15) is 40.6 Å². The lowest BCUT2D eigenvalue weighted by atomic mass is 10.2. The average Bonchev–Trinajstić information content (AvgIpc) is 2.84. The molecule has 2 aromatic heterocycles. The van der Waals surface area contributed by atoms with Gasteiger partial charge in [0.15, 0.2) is 0 Å². The summed E-state index contributed by atoms with van der Waals surface area (Å²) in [6, 6.07) is 0.280. The molecule has 0 fully saturated rings. The molecule has 2 rings (SSSR count). The molecule has 2 heterocycles. The maximum absolute atomic E-state index is 4.49. The molecule has 0 saturated carbocycles. The molecule has 1 unspecified atom stereocenters. The van der Waals surface area contributed by atoms with E-state index in [4.69, 9.17) is 0 Å². The highest BCUT2D eigenvalue weighted by molar-refractivity contribution is 7.09. The third kappa shape index (κ3) is 2.73. The molecule has 0 bridgehead atoms. The summed E-state index contributed by atoms with van der Waals surface area (Å²) in [5.74, 6) is 0. The molecule has 0 aliphatic heterocycles. The number of aromatic nitrogens is 3. The van der Waals surface area contributed by atoms with Crippen molar-refractivity contribution in [3.63, 3.8) is 0 Å². The highest BCUT2D eigenvalue weighted by Gasteiger charge is 2.11. The van der Waals surface area contributed by atoms with E-state index in [-0.39, 0.29) is 6.04 Å². The molecule has 92 valence electrons. The van der Waals surface area contributed by atoms with E-state index in [1.807, 2.05) is 13.8 Å². The minimum absolute atomic E-state index is 0.280. The zero-order chi connectivity index (χ0) is 12.4. The van der Waals surface area contributed by atoms with Crippen molar-refractivity contribution in [2.75, 3.05) is 0 Å². The van der Waals surface area contributed by atoms with E-state index in [0.29, 0.717) is 0 Å². The number of hydrogen-bond donors (Lipinski definition) is 2. The zero-order valence-electron chi connectivity index (χ0n) is 10.7. The quantitative estimate of drug-likeness (QED) is 0.877. The molecule has 4 nitrogen and oxygen atoms in total. The maximum atomic E-state index is 4.49. The third-order valence-corrected chi connectivity index (χ3v) is 4.02. The summed E-state index contributed by atoms with van der Waals surface area (Å²) in [7, 11) is 0. The highest BCUT2D eigenvalue weighted by atomic mass is 32.1. The van der Waals surface area contributed by atoms with Crippen LogP contribution in [0.5, 0.6) is 0 Å². The molecule has 5 heteroatoms. The lowest BCUT2D eigenvalue weighted by molar-refractivity contribution is 0.568. The van der Waals surface area contributed by atoms with E-state index in [0.717, 1.165) is 28.6 Å². The number of nitrogens with zero attached hydrogens (tertiary/aromatic N) is 2. The molecule has 0 aromatic carbocycles. The number of thiazole rings is 1. The van der Waals surface area contributed by atoms with Gasteiger partial charge in [-0.2, -0.15) is 5.10 Å². The van der Waals surface area contributed by atoms with Gasteiger partial charge in [0, 0.05) is 28.9 Å². The van der Waals surface area contributed by atoms with Crippen LogP contribution in [0, 0.1) is 20.8 Å². The van der Waals surface area contributed by atoms with Gasteiger partial charge in [0.1, 0.15) is 5.01 Å². The minimum Gasteiger partial charge on any atom is -0.304 e. The Morgan fingerprint density at radius 2 is 2.18 bits per heavy atom. The molecular weight excluding hydrogens is 232 g/mol. The lowest BCUT2D eigenvalue weighted by Crippen LogP contribution is -2.18. The highest BCUT2D eigenvalue weighted by Crippen LogP contribution is 2.18. The summed E-state index contributed by atoms with van der Waals surface area (Å²) in [6.45, 7) is 9.07. The summed E-state index contributed by atoms with van der Waals surface area (Å²) < 4.78 is 0. The summed E-state index contributed by atoms with van der Waals surface area (Å²) in [5.41, 5.74) is 4.55. The van der Waals surface area contributed by atoms with E-state index in [1.165, 1.54) is 5.56 Å². The molecule has 17 heavy (non-hydrogen) atoms.